The Morgan fingerprint density at radius 1 is 1.42 bits per heavy atom. The SMILES string of the molecule is CC(C)NCCCN1CCOCC1C(=O)NC1CC1. The molecule has 1 amide bonds. The number of carbonyl (C=O) groups excluding carboxylic acids is 1. The molecule has 1 atom stereocenters. The van der Waals surface area contributed by atoms with E-state index in [1.807, 2.05) is 0 Å². The molecule has 0 spiro atoms. The summed E-state index contributed by atoms with van der Waals surface area (Å²) in [5.41, 5.74) is 0. The maximum Gasteiger partial charge on any atom is 0.239 e. The maximum atomic E-state index is 12.2. The number of nitrogens with one attached hydrogen (secondary N) is 2. The van der Waals surface area contributed by atoms with Gasteiger partial charge < -0.3 is 15.4 Å². The largest absolute Gasteiger partial charge is 0.378 e. The first-order valence-corrected chi connectivity index (χ1v) is 7.52. The van der Waals surface area contributed by atoms with Gasteiger partial charge in [-0.05, 0) is 25.8 Å². The van der Waals surface area contributed by atoms with Gasteiger partial charge in [-0.3, -0.25) is 9.69 Å². The third-order valence-electron chi connectivity index (χ3n) is 3.64. The summed E-state index contributed by atoms with van der Waals surface area (Å²) < 4.78 is 5.46. The molecular formula is C14H27N3O2. The van der Waals surface area contributed by atoms with Crippen LogP contribution >= 0.6 is 0 Å². The van der Waals surface area contributed by atoms with Gasteiger partial charge in [0.2, 0.25) is 5.91 Å². The standard InChI is InChI=1S/C14H27N3O2/c1-11(2)15-6-3-7-17-8-9-19-10-13(17)14(18)16-12-4-5-12/h11-13,15H,3-10H2,1-2H3,(H,16,18). The van der Waals surface area contributed by atoms with Crippen molar-refractivity contribution in [1.82, 2.24) is 15.5 Å². The third kappa shape index (κ3) is 5.09. The fourth-order valence-electron chi connectivity index (χ4n) is 2.35. The van der Waals surface area contributed by atoms with Crippen molar-refractivity contribution in [3.05, 3.63) is 0 Å². The van der Waals surface area contributed by atoms with E-state index in [4.69, 9.17) is 4.74 Å². The van der Waals surface area contributed by atoms with Gasteiger partial charge in [0.15, 0.2) is 0 Å². The van der Waals surface area contributed by atoms with Crippen molar-refractivity contribution in [2.24, 2.45) is 0 Å². The van der Waals surface area contributed by atoms with E-state index in [0.29, 0.717) is 18.7 Å². The molecule has 0 radical (unpaired) electrons. The zero-order valence-electron chi connectivity index (χ0n) is 12.2. The fraction of sp³-hybridized carbons (Fsp3) is 0.929. The predicted octanol–water partition coefficient (Wildman–Crippen LogP) is 0.354. The van der Waals surface area contributed by atoms with Crippen molar-refractivity contribution in [1.29, 1.82) is 0 Å². The second-order valence-electron chi connectivity index (χ2n) is 5.87. The normalized spacial score (nSPS) is 24.7. The third-order valence-corrected chi connectivity index (χ3v) is 3.64. The number of hydrogen-bond acceptors (Lipinski definition) is 4. The molecule has 1 saturated carbocycles. The van der Waals surface area contributed by atoms with Crippen molar-refractivity contribution in [3.8, 4) is 0 Å². The van der Waals surface area contributed by atoms with Crippen LogP contribution in [0.4, 0.5) is 0 Å². The second kappa shape index (κ2) is 7.22. The van der Waals surface area contributed by atoms with Gasteiger partial charge in [-0.2, -0.15) is 0 Å². The van der Waals surface area contributed by atoms with E-state index >= 15 is 0 Å². The van der Waals surface area contributed by atoms with E-state index in [1.54, 1.807) is 0 Å². The second-order valence-corrected chi connectivity index (χ2v) is 5.87. The van der Waals surface area contributed by atoms with Gasteiger partial charge in [-0.1, -0.05) is 13.8 Å². The first-order valence-electron chi connectivity index (χ1n) is 7.52. The average molecular weight is 269 g/mol. The van der Waals surface area contributed by atoms with E-state index in [0.717, 1.165) is 45.5 Å². The van der Waals surface area contributed by atoms with Crippen LogP contribution in [0.2, 0.25) is 0 Å². The summed E-state index contributed by atoms with van der Waals surface area (Å²) in [5, 5.41) is 6.50. The fourth-order valence-corrected chi connectivity index (χ4v) is 2.35. The first-order chi connectivity index (χ1) is 9.16. The Bertz CT molecular complexity index is 292. The molecule has 0 aromatic carbocycles. The maximum absolute atomic E-state index is 12.2. The summed E-state index contributed by atoms with van der Waals surface area (Å²) in [6.07, 6.45) is 3.35. The molecule has 2 aliphatic rings. The Hall–Kier alpha value is -0.650. The van der Waals surface area contributed by atoms with Gasteiger partial charge in [0, 0.05) is 25.2 Å². The van der Waals surface area contributed by atoms with Crippen LogP contribution in [0.25, 0.3) is 0 Å². The Morgan fingerprint density at radius 3 is 2.89 bits per heavy atom. The molecule has 110 valence electrons. The molecule has 19 heavy (non-hydrogen) atoms. The van der Waals surface area contributed by atoms with Crippen LogP contribution in [0.5, 0.6) is 0 Å². The smallest absolute Gasteiger partial charge is 0.239 e. The van der Waals surface area contributed by atoms with Crippen LogP contribution in [-0.2, 0) is 9.53 Å². The minimum absolute atomic E-state index is 0.0894. The van der Waals surface area contributed by atoms with Gasteiger partial charge >= 0.3 is 0 Å². The Kier molecular flexibility index (Phi) is 5.60. The van der Waals surface area contributed by atoms with Crippen molar-refractivity contribution in [3.63, 3.8) is 0 Å². The lowest BCUT2D eigenvalue weighted by atomic mass is 10.2. The minimum Gasteiger partial charge on any atom is -0.378 e. The zero-order valence-corrected chi connectivity index (χ0v) is 12.2. The molecule has 1 saturated heterocycles. The number of carbonyl (C=O) groups is 1. The first kappa shape index (κ1) is 14.8. The molecule has 5 nitrogen and oxygen atoms in total. The van der Waals surface area contributed by atoms with Crippen molar-refractivity contribution in [2.75, 3.05) is 32.8 Å². The van der Waals surface area contributed by atoms with E-state index in [1.165, 1.54) is 0 Å². The van der Waals surface area contributed by atoms with Crippen LogP contribution in [-0.4, -0.2) is 61.8 Å². The highest BCUT2D eigenvalue weighted by atomic mass is 16.5. The molecular weight excluding hydrogens is 242 g/mol. The van der Waals surface area contributed by atoms with E-state index < -0.39 is 0 Å². The van der Waals surface area contributed by atoms with E-state index in [-0.39, 0.29) is 11.9 Å². The molecule has 0 aromatic heterocycles. The minimum atomic E-state index is -0.0894. The number of ether oxygens (including phenoxy) is 1. The Labute approximate surface area is 116 Å². The molecule has 2 fully saturated rings. The summed E-state index contributed by atoms with van der Waals surface area (Å²) in [6.45, 7) is 8.42. The van der Waals surface area contributed by atoms with Crippen molar-refractivity contribution >= 4 is 5.91 Å². The van der Waals surface area contributed by atoms with Crippen LogP contribution in [0.1, 0.15) is 33.1 Å². The Morgan fingerprint density at radius 2 is 2.21 bits per heavy atom. The number of amides is 1. The molecule has 5 heteroatoms. The molecule has 0 aromatic rings. The monoisotopic (exact) mass is 269 g/mol. The highest BCUT2D eigenvalue weighted by molar-refractivity contribution is 5.82. The zero-order chi connectivity index (χ0) is 13.7. The quantitative estimate of drug-likeness (QED) is 0.655. The van der Waals surface area contributed by atoms with Gasteiger partial charge in [-0.25, -0.2) is 0 Å². The van der Waals surface area contributed by atoms with Gasteiger partial charge in [0.1, 0.15) is 6.04 Å². The van der Waals surface area contributed by atoms with Crippen LogP contribution in [0, 0.1) is 0 Å². The van der Waals surface area contributed by atoms with Crippen LogP contribution < -0.4 is 10.6 Å². The molecule has 1 heterocycles. The predicted molar refractivity (Wildman–Crippen MR) is 75.1 cm³/mol. The summed E-state index contributed by atoms with van der Waals surface area (Å²) in [4.78, 5) is 14.4. The van der Waals surface area contributed by atoms with E-state index in [2.05, 4.69) is 29.4 Å². The summed E-state index contributed by atoms with van der Waals surface area (Å²) in [5.74, 6) is 0.152. The van der Waals surface area contributed by atoms with Gasteiger partial charge in [0.25, 0.3) is 0 Å². The number of hydrogen-bond donors (Lipinski definition) is 2. The molecule has 2 rings (SSSR count). The van der Waals surface area contributed by atoms with Gasteiger partial charge in [-0.15, -0.1) is 0 Å². The molecule has 1 aliphatic carbocycles. The van der Waals surface area contributed by atoms with Gasteiger partial charge in [0.05, 0.1) is 13.2 Å². The topological polar surface area (TPSA) is 53.6 Å². The lowest BCUT2D eigenvalue weighted by molar-refractivity contribution is -0.132. The number of nitrogens with zero attached hydrogens (tertiary/aromatic N) is 1. The molecule has 2 N–H and O–H groups in total. The number of rotatable bonds is 7. The molecule has 0 bridgehead atoms. The van der Waals surface area contributed by atoms with E-state index in [9.17, 15) is 4.79 Å². The summed E-state index contributed by atoms with van der Waals surface area (Å²) in [6, 6.07) is 0.867. The lowest BCUT2D eigenvalue weighted by Gasteiger charge is -2.34. The van der Waals surface area contributed by atoms with Crippen LogP contribution in [0.3, 0.4) is 0 Å². The summed E-state index contributed by atoms with van der Waals surface area (Å²) in [7, 11) is 0. The molecule has 1 unspecified atom stereocenters. The highest BCUT2D eigenvalue weighted by Crippen LogP contribution is 2.19. The Balaban J connectivity index is 1.73. The highest BCUT2D eigenvalue weighted by Gasteiger charge is 2.32. The average Bonchev–Trinajstić information content (AvgIpc) is 3.19. The van der Waals surface area contributed by atoms with Crippen molar-refractivity contribution < 1.29 is 9.53 Å². The van der Waals surface area contributed by atoms with Crippen molar-refractivity contribution in [2.45, 2.75) is 51.2 Å². The summed E-state index contributed by atoms with van der Waals surface area (Å²) >= 11 is 0. The lowest BCUT2D eigenvalue weighted by Crippen LogP contribution is -2.54. The van der Waals surface area contributed by atoms with Crippen LogP contribution in [0.15, 0.2) is 0 Å². The molecule has 1 aliphatic heterocycles. The number of morpholine rings is 1.